The number of hydrogen-bond donors (Lipinski definition) is 0. The van der Waals surface area contributed by atoms with Gasteiger partial charge in [0.1, 0.15) is 12.2 Å². The van der Waals surface area contributed by atoms with Gasteiger partial charge in [0.25, 0.3) is 0 Å². The summed E-state index contributed by atoms with van der Waals surface area (Å²) in [6.45, 7) is 4.69. The molecule has 6 rings (SSSR count). The van der Waals surface area contributed by atoms with E-state index in [1.165, 1.54) is 19.3 Å². The Morgan fingerprint density at radius 2 is 1.95 bits per heavy atom. The minimum absolute atomic E-state index is 0.00618. The number of rotatable bonds is 11. The van der Waals surface area contributed by atoms with E-state index in [9.17, 15) is 9.59 Å². The van der Waals surface area contributed by atoms with Gasteiger partial charge in [0.2, 0.25) is 5.91 Å². The highest BCUT2D eigenvalue weighted by atomic mass is 35.5. The maximum absolute atomic E-state index is 13.8. The van der Waals surface area contributed by atoms with Gasteiger partial charge in [-0.05, 0) is 48.9 Å². The summed E-state index contributed by atoms with van der Waals surface area (Å²) in [6, 6.07) is 7.50. The van der Waals surface area contributed by atoms with Gasteiger partial charge in [-0.3, -0.25) is 9.69 Å². The lowest BCUT2D eigenvalue weighted by atomic mass is 10.1. The number of anilines is 1. The SMILES string of the molecule is COc1ccc(N2CCCN(Cc3ccnc4c3c(Cl)cn4CC(=O)N3CCOCC3)C2=O)cc1OCCCC1CC1. The van der Waals surface area contributed by atoms with E-state index in [1.54, 1.807) is 33.9 Å². The molecule has 3 fully saturated rings. The Kier molecular flexibility index (Phi) is 8.71. The van der Waals surface area contributed by atoms with Crippen molar-refractivity contribution in [1.29, 1.82) is 0 Å². The van der Waals surface area contributed by atoms with Crippen molar-refractivity contribution >= 4 is 40.3 Å². The third kappa shape index (κ3) is 6.29. The first-order valence-electron chi connectivity index (χ1n) is 14.9. The minimum atomic E-state index is -0.0749. The highest BCUT2D eigenvalue weighted by Gasteiger charge is 2.29. The molecule has 42 heavy (non-hydrogen) atoms. The van der Waals surface area contributed by atoms with Crippen LogP contribution in [-0.2, 0) is 22.6 Å². The standard InChI is InChI=1S/C31H38ClN5O5/c1-40-26-8-7-24(18-27(26)42-15-2-4-22-5-6-22)37-12-3-11-35(31(37)39)19-23-9-10-33-30-29(23)25(32)20-36(30)21-28(38)34-13-16-41-17-14-34/h7-10,18,20,22H,2-6,11-17,19,21H2,1H3. The van der Waals surface area contributed by atoms with Crippen LogP contribution in [0.15, 0.2) is 36.7 Å². The lowest BCUT2D eigenvalue weighted by molar-refractivity contribution is -0.135. The first-order valence-corrected chi connectivity index (χ1v) is 15.2. The summed E-state index contributed by atoms with van der Waals surface area (Å²) in [7, 11) is 1.63. The Hall–Kier alpha value is -3.50. The second-order valence-corrected chi connectivity index (χ2v) is 11.7. The number of carbonyl (C=O) groups is 2. The molecule has 2 saturated heterocycles. The first-order chi connectivity index (χ1) is 20.5. The number of pyridine rings is 1. The molecule has 3 aromatic rings. The lowest BCUT2D eigenvalue weighted by Gasteiger charge is -2.36. The summed E-state index contributed by atoms with van der Waals surface area (Å²) in [5.74, 6) is 2.20. The monoisotopic (exact) mass is 595 g/mol. The molecule has 2 aromatic heterocycles. The molecule has 11 heteroatoms. The molecule has 0 spiro atoms. The van der Waals surface area contributed by atoms with Crippen molar-refractivity contribution in [1.82, 2.24) is 19.4 Å². The smallest absolute Gasteiger partial charge is 0.324 e. The zero-order valence-electron chi connectivity index (χ0n) is 24.1. The molecule has 0 atom stereocenters. The Balaban J connectivity index is 1.17. The molecule has 3 amide bonds. The summed E-state index contributed by atoms with van der Waals surface area (Å²) >= 11 is 6.70. The fraction of sp³-hybridized carbons (Fsp3) is 0.516. The Labute approximate surface area is 251 Å². The van der Waals surface area contributed by atoms with Gasteiger partial charge in [0, 0.05) is 62.3 Å². The first kappa shape index (κ1) is 28.6. The van der Waals surface area contributed by atoms with Crippen molar-refractivity contribution in [2.45, 2.75) is 45.2 Å². The summed E-state index contributed by atoms with van der Waals surface area (Å²) in [4.78, 5) is 36.6. The largest absolute Gasteiger partial charge is 0.493 e. The molecule has 1 saturated carbocycles. The van der Waals surface area contributed by atoms with Gasteiger partial charge in [-0.25, -0.2) is 9.78 Å². The van der Waals surface area contributed by atoms with Crippen LogP contribution < -0.4 is 14.4 Å². The van der Waals surface area contributed by atoms with Gasteiger partial charge in [-0.1, -0.05) is 24.4 Å². The van der Waals surface area contributed by atoms with Crippen LogP contribution in [-0.4, -0.2) is 84.4 Å². The molecule has 1 aliphatic carbocycles. The Morgan fingerprint density at radius 3 is 2.74 bits per heavy atom. The van der Waals surface area contributed by atoms with Crippen molar-refractivity contribution in [2.24, 2.45) is 5.92 Å². The normalized spacial score (nSPS) is 17.7. The minimum Gasteiger partial charge on any atom is -0.493 e. The molecule has 1 aromatic carbocycles. The number of hydrogen-bond acceptors (Lipinski definition) is 6. The van der Waals surface area contributed by atoms with Gasteiger partial charge < -0.3 is 28.6 Å². The molecular formula is C31H38ClN5O5. The predicted molar refractivity (Wildman–Crippen MR) is 160 cm³/mol. The van der Waals surface area contributed by atoms with Crippen LogP contribution in [0.4, 0.5) is 10.5 Å². The fourth-order valence-electron chi connectivity index (χ4n) is 5.82. The van der Waals surface area contributed by atoms with Gasteiger partial charge in [-0.2, -0.15) is 0 Å². The van der Waals surface area contributed by atoms with Crippen molar-refractivity contribution in [3.8, 4) is 11.5 Å². The van der Waals surface area contributed by atoms with E-state index in [1.807, 2.05) is 29.2 Å². The lowest BCUT2D eigenvalue weighted by Crippen LogP contribution is -2.49. The summed E-state index contributed by atoms with van der Waals surface area (Å²) < 4.78 is 18.8. The molecule has 0 unspecified atom stereocenters. The van der Waals surface area contributed by atoms with Crippen molar-refractivity contribution < 1.29 is 23.8 Å². The molecular weight excluding hydrogens is 558 g/mol. The van der Waals surface area contributed by atoms with Crippen LogP contribution in [0.25, 0.3) is 11.0 Å². The van der Waals surface area contributed by atoms with E-state index >= 15 is 0 Å². The van der Waals surface area contributed by atoms with E-state index < -0.39 is 0 Å². The van der Waals surface area contributed by atoms with E-state index in [0.717, 1.165) is 35.4 Å². The molecule has 4 heterocycles. The number of fused-ring (bicyclic) bond motifs is 1. The molecule has 0 N–H and O–H groups in total. The third-order valence-corrected chi connectivity index (χ3v) is 8.60. The Morgan fingerprint density at radius 1 is 1.12 bits per heavy atom. The van der Waals surface area contributed by atoms with E-state index in [2.05, 4.69) is 4.98 Å². The number of amides is 3. The van der Waals surface area contributed by atoms with Crippen molar-refractivity contribution in [3.05, 3.63) is 47.2 Å². The number of halogens is 1. The van der Waals surface area contributed by atoms with E-state index in [-0.39, 0.29) is 18.5 Å². The van der Waals surface area contributed by atoms with Gasteiger partial charge in [-0.15, -0.1) is 0 Å². The average Bonchev–Trinajstić information content (AvgIpc) is 3.79. The fourth-order valence-corrected chi connectivity index (χ4v) is 6.14. The molecule has 10 nitrogen and oxygen atoms in total. The number of aromatic nitrogens is 2. The van der Waals surface area contributed by atoms with Crippen LogP contribution in [0.2, 0.25) is 5.02 Å². The topological polar surface area (TPSA) is 89.4 Å². The zero-order valence-corrected chi connectivity index (χ0v) is 24.9. The second-order valence-electron chi connectivity index (χ2n) is 11.2. The number of carbonyl (C=O) groups excluding carboxylic acids is 2. The quantitative estimate of drug-likeness (QED) is 0.291. The summed E-state index contributed by atoms with van der Waals surface area (Å²) in [5.41, 5.74) is 2.32. The van der Waals surface area contributed by atoms with E-state index in [0.29, 0.717) is 74.7 Å². The Bertz CT molecular complexity index is 1430. The van der Waals surface area contributed by atoms with Gasteiger partial charge in [0.05, 0.1) is 32.0 Å². The molecule has 2 aliphatic heterocycles. The number of benzene rings is 1. The summed E-state index contributed by atoms with van der Waals surface area (Å²) in [6.07, 6.45) is 9.18. The van der Waals surface area contributed by atoms with Crippen LogP contribution in [0.1, 0.15) is 37.7 Å². The number of methoxy groups -OCH3 is 1. The zero-order chi connectivity index (χ0) is 29.1. The third-order valence-electron chi connectivity index (χ3n) is 8.31. The van der Waals surface area contributed by atoms with Crippen molar-refractivity contribution in [3.63, 3.8) is 0 Å². The van der Waals surface area contributed by atoms with E-state index in [4.69, 9.17) is 25.8 Å². The number of nitrogens with zero attached hydrogens (tertiary/aromatic N) is 5. The maximum atomic E-state index is 13.8. The molecule has 0 bridgehead atoms. The van der Waals surface area contributed by atoms with Gasteiger partial charge >= 0.3 is 6.03 Å². The summed E-state index contributed by atoms with van der Waals surface area (Å²) in [5, 5.41) is 1.29. The van der Waals surface area contributed by atoms with Crippen LogP contribution in [0, 0.1) is 5.92 Å². The highest BCUT2D eigenvalue weighted by Crippen LogP contribution is 2.36. The van der Waals surface area contributed by atoms with Crippen LogP contribution in [0.5, 0.6) is 11.5 Å². The number of ether oxygens (including phenoxy) is 3. The highest BCUT2D eigenvalue weighted by molar-refractivity contribution is 6.35. The average molecular weight is 596 g/mol. The second kappa shape index (κ2) is 12.8. The van der Waals surface area contributed by atoms with Gasteiger partial charge in [0.15, 0.2) is 11.5 Å². The van der Waals surface area contributed by atoms with Crippen LogP contribution >= 0.6 is 11.6 Å². The van der Waals surface area contributed by atoms with Crippen molar-refractivity contribution in [2.75, 3.05) is 58.0 Å². The number of morpholine rings is 1. The molecule has 224 valence electrons. The van der Waals surface area contributed by atoms with Crippen LogP contribution in [0.3, 0.4) is 0 Å². The number of urea groups is 1. The maximum Gasteiger partial charge on any atom is 0.324 e. The molecule has 3 aliphatic rings. The predicted octanol–water partition coefficient (Wildman–Crippen LogP) is 4.96. The molecule has 0 radical (unpaired) electrons.